The van der Waals surface area contributed by atoms with Crippen LogP contribution in [0.3, 0.4) is 0 Å². The zero-order valence-electron chi connectivity index (χ0n) is 11.4. The van der Waals surface area contributed by atoms with E-state index in [0.29, 0.717) is 24.7 Å². The quantitative estimate of drug-likeness (QED) is 0.432. The van der Waals surface area contributed by atoms with Gasteiger partial charge in [0.1, 0.15) is 0 Å². The molecule has 1 saturated carbocycles. The number of carboxylic acid groups (broad SMARTS) is 1. The van der Waals surface area contributed by atoms with E-state index in [4.69, 9.17) is 14.6 Å². The maximum atomic E-state index is 10.6. The van der Waals surface area contributed by atoms with Crippen molar-refractivity contribution in [2.45, 2.75) is 64.8 Å². The third kappa shape index (κ3) is 6.17. The summed E-state index contributed by atoms with van der Waals surface area (Å²) in [5.41, 5.74) is 0.361. The SMILES string of the molecule is CC(=CCCOC(C)OC1CCCCC1)C(=O)O. The van der Waals surface area contributed by atoms with E-state index in [9.17, 15) is 4.79 Å². The lowest BCUT2D eigenvalue weighted by molar-refractivity contribution is -0.165. The average Bonchev–Trinajstić information content (AvgIpc) is 2.35. The minimum Gasteiger partial charge on any atom is -0.478 e. The number of hydrogen-bond acceptors (Lipinski definition) is 3. The second kappa shape index (κ2) is 8.27. The second-order valence-electron chi connectivity index (χ2n) is 4.82. The molecule has 18 heavy (non-hydrogen) atoms. The van der Waals surface area contributed by atoms with Crippen LogP contribution in [0.5, 0.6) is 0 Å². The third-order valence-corrected chi connectivity index (χ3v) is 3.19. The zero-order valence-corrected chi connectivity index (χ0v) is 11.4. The molecule has 1 fully saturated rings. The topological polar surface area (TPSA) is 55.8 Å². The molecule has 1 atom stereocenters. The normalized spacial score (nSPS) is 19.8. The maximum absolute atomic E-state index is 10.6. The number of ether oxygens (including phenoxy) is 2. The van der Waals surface area contributed by atoms with Crippen LogP contribution in [0.2, 0.25) is 0 Å². The molecule has 0 spiro atoms. The van der Waals surface area contributed by atoms with E-state index in [1.165, 1.54) is 19.3 Å². The van der Waals surface area contributed by atoms with E-state index < -0.39 is 5.97 Å². The Morgan fingerprint density at radius 1 is 1.39 bits per heavy atom. The monoisotopic (exact) mass is 256 g/mol. The van der Waals surface area contributed by atoms with Gasteiger partial charge in [-0.15, -0.1) is 0 Å². The fourth-order valence-corrected chi connectivity index (χ4v) is 2.11. The molecule has 0 aliphatic heterocycles. The second-order valence-corrected chi connectivity index (χ2v) is 4.82. The smallest absolute Gasteiger partial charge is 0.330 e. The molecule has 1 N–H and O–H groups in total. The summed E-state index contributed by atoms with van der Waals surface area (Å²) in [6.45, 7) is 3.99. The summed E-state index contributed by atoms with van der Waals surface area (Å²) in [5, 5.41) is 8.67. The first-order valence-electron chi connectivity index (χ1n) is 6.76. The van der Waals surface area contributed by atoms with E-state index in [2.05, 4.69) is 0 Å². The van der Waals surface area contributed by atoms with Crippen LogP contribution in [0, 0.1) is 0 Å². The van der Waals surface area contributed by atoms with Crippen LogP contribution in [0.4, 0.5) is 0 Å². The van der Waals surface area contributed by atoms with Gasteiger partial charge in [-0.2, -0.15) is 0 Å². The lowest BCUT2D eigenvalue weighted by Crippen LogP contribution is -2.24. The molecule has 0 aromatic rings. The standard InChI is InChI=1S/C14H24O4/c1-11(14(15)16)7-6-10-17-12(2)18-13-8-4-3-5-9-13/h7,12-13H,3-6,8-10H2,1-2H3,(H,15,16). The first-order valence-corrected chi connectivity index (χ1v) is 6.76. The summed E-state index contributed by atoms with van der Waals surface area (Å²) in [6, 6.07) is 0. The van der Waals surface area contributed by atoms with Gasteiger partial charge in [0.25, 0.3) is 0 Å². The Morgan fingerprint density at radius 2 is 2.06 bits per heavy atom. The highest BCUT2D eigenvalue weighted by Gasteiger charge is 2.16. The van der Waals surface area contributed by atoms with Crippen molar-refractivity contribution in [3.8, 4) is 0 Å². The van der Waals surface area contributed by atoms with Crippen LogP contribution in [-0.2, 0) is 14.3 Å². The Balaban J connectivity index is 2.11. The van der Waals surface area contributed by atoms with Crippen LogP contribution < -0.4 is 0 Å². The van der Waals surface area contributed by atoms with Crippen molar-refractivity contribution in [3.63, 3.8) is 0 Å². The first-order chi connectivity index (χ1) is 8.59. The van der Waals surface area contributed by atoms with Crippen LogP contribution in [0.1, 0.15) is 52.4 Å². The minimum atomic E-state index is -0.874. The van der Waals surface area contributed by atoms with E-state index >= 15 is 0 Å². The molecule has 1 aliphatic rings. The largest absolute Gasteiger partial charge is 0.478 e. The van der Waals surface area contributed by atoms with Gasteiger partial charge in [0.05, 0.1) is 12.7 Å². The summed E-state index contributed by atoms with van der Waals surface area (Å²) in [5.74, 6) is -0.874. The molecule has 0 aromatic carbocycles. The molecule has 1 aliphatic carbocycles. The first kappa shape index (κ1) is 15.2. The van der Waals surface area contributed by atoms with Gasteiger partial charge in [0.2, 0.25) is 0 Å². The average molecular weight is 256 g/mol. The molecule has 0 heterocycles. The van der Waals surface area contributed by atoms with Crippen LogP contribution in [0.25, 0.3) is 0 Å². The summed E-state index contributed by atoms with van der Waals surface area (Å²) in [6.07, 6.45) is 8.49. The molecule has 1 rings (SSSR count). The fourth-order valence-electron chi connectivity index (χ4n) is 2.11. The fraction of sp³-hybridized carbons (Fsp3) is 0.786. The van der Waals surface area contributed by atoms with E-state index in [-0.39, 0.29) is 6.29 Å². The van der Waals surface area contributed by atoms with Gasteiger partial charge in [0.15, 0.2) is 6.29 Å². The van der Waals surface area contributed by atoms with Gasteiger partial charge in [-0.3, -0.25) is 0 Å². The highest BCUT2D eigenvalue weighted by atomic mass is 16.7. The molecule has 4 nitrogen and oxygen atoms in total. The maximum Gasteiger partial charge on any atom is 0.330 e. The summed E-state index contributed by atoms with van der Waals surface area (Å²) in [7, 11) is 0. The molecule has 0 aromatic heterocycles. The minimum absolute atomic E-state index is 0.202. The Hall–Kier alpha value is -0.870. The van der Waals surface area contributed by atoms with Gasteiger partial charge in [0, 0.05) is 5.57 Å². The molecular weight excluding hydrogens is 232 g/mol. The van der Waals surface area contributed by atoms with Crippen LogP contribution >= 0.6 is 0 Å². The summed E-state index contributed by atoms with van der Waals surface area (Å²) >= 11 is 0. The van der Waals surface area contributed by atoms with Gasteiger partial charge < -0.3 is 14.6 Å². The van der Waals surface area contributed by atoms with Crippen molar-refractivity contribution in [3.05, 3.63) is 11.6 Å². The van der Waals surface area contributed by atoms with Crippen molar-refractivity contribution in [2.75, 3.05) is 6.61 Å². The predicted molar refractivity (Wildman–Crippen MR) is 69.4 cm³/mol. The van der Waals surface area contributed by atoms with Crippen molar-refractivity contribution in [1.82, 2.24) is 0 Å². The Labute approximate surface area is 109 Å². The number of aliphatic carboxylic acids is 1. The van der Waals surface area contributed by atoms with E-state index in [0.717, 1.165) is 12.8 Å². The lowest BCUT2D eigenvalue weighted by atomic mass is 9.98. The summed E-state index contributed by atoms with van der Waals surface area (Å²) < 4.78 is 11.3. The zero-order chi connectivity index (χ0) is 13.4. The van der Waals surface area contributed by atoms with Gasteiger partial charge in [-0.05, 0) is 33.1 Å². The molecule has 104 valence electrons. The molecule has 0 bridgehead atoms. The predicted octanol–water partition coefficient (Wildman–Crippen LogP) is 3.12. The number of rotatable bonds is 7. The Bertz CT molecular complexity index is 280. The molecule has 0 radical (unpaired) electrons. The molecule has 0 amide bonds. The Kier molecular flexibility index (Phi) is 6.98. The molecule has 4 heteroatoms. The van der Waals surface area contributed by atoms with Crippen LogP contribution in [-0.4, -0.2) is 30.1 Å². The van der Waals surface area contributed by atoms with Crippen molar-refractivity contribution >= 4 is 5.97 Å². The highest BCUT2D eigenvalue weighted by molar-refractivity contribution is 5.85. The van der Waals surface area contributed by atoms with Gasteiger partial charge in [-0.1, -0.05) is 25.3 Å². The number of carbonyl (C=O) groups is 1. The lowest BCUT2D eigenvalue weighted by Gasteiger charge is -2.25. The molecular formula is C14H24O4. The molecule has 1 unspecified atom stereocenters. The summed E-state index contributed by atoms with van der Waals surface area (Å²) in [4.78, 5) is 10.6. The third-order valence-electron chi connectivity index (χ3n) is 3.19. The van der Waals surface area contributed by atoms with Gasteiger partial charge >= 0.3 is 5.97 Å². The van der Waals surface area contributed by atoms with Gasteiger partial charge in [-0.25, -0.2) is 4.79 Å². The Morgan fingerprint density at radius 3 is 2.67 bits per heavy atom. The number of carboxylic acids is 1. The van der Waals surface area contributed by atoms with Crippen molar-refractivity contribution in [1.29, 1.82) is 0 Å². The van der Waals surface area contributed by atoms with Crippen LogP contribution in [0.15, 0.2) is 11.6 Å². The molecule has 0 saturated heterocycles. The highest BCUT2D eigenvalue weighted by Crippen LogP contribution is 2.21. The van der Waals surface area contributed by atoms with Crippen molar-refractivity contribution in [2.24, 2.45) is 0 Å². The van der Waals surface area contributed by atoms with E-state index in [1.54, 1.807) is 13.0 Å². The van der Waals surface area contributed by atoms with E-state index in [1.807, 2.05) is 6.92 Å². The number of hydrogen-bond donors (Lipinski definition) is 1. The van der Waals surface area contributed by atoms with Crippen molar-refractivity contribution < 1.29 is 19.4 Å².